The van der Waals surface area contributed by atoms with Crippen LogP contribution in [0.5, 0.6) is 5.75 Å². The van der Waals surface area contributed by atoms with E-state index in [-0.39, 0.29) is 24.1 Å². The minimum Gasteiger partial charge on any atom is -0.508 e. The summed E-state index contributed by atoms with van der Waals surface area (Å²) in [7, 11) is 1.63. The number of carbonyl (C=O) groups excluding carboxylic acids is 2. The fourth-order valence-corrected chi connectivity index (χ4v) is 6.90. The highest BCUT2D eigenvalue weighted by atomic mass is 127. The summed E-state index contributed by atoms with van der Waals surface area (Å²) < 4.78 is 0.888. The number of rotatable bonds is 2. The molecule has 7 nitrogen and oxygen atoms in total. The third-order valence-corrected chi connectivity index (χ3v) is 8.67. The number of likely N-dealkylation sites (N-methyl/N-ethyl adjacent to an activating group) is 1. The Labute approximate surface area is 237 Å². The molecule has 1 spiro atoms. The molecule has 3 aliphatic heterocycles. The molecular formula is C27H21Cl2IN4O3. The van der Waals surface area contributed by atoms with E-state index in [2.05, 4.69) is 33.0 Å². The van der Waals surface area contributed by atoms with Gasteiger partial charge in [0.25, 0.3) is 5.91 Å². The molecule has 3 heterocycles. The maximum absolute atomic E-state index is 14.4. The molecule has 6 rings (SSSR count). The number of piperidine rings is 1. The quantitative estimate of drug-likeness (QED) is 0.360. The van der Waals surface area contributed by atoms with Crippen molar-refractivity contribution in [3.8, 4) is 5.75 Å². The van der Waals surface area contributed by atoms with Gasteiger partial charge in [-0.05, 0) is 76.2 Å². The first-order chi connectivity index (χ1) is 17.7. The number of aromatic hydroxyl groups is 1. The number of amides is 2. The topological polar surface area (TPSA) is 85.2 Å². The van der Waals surface area contributed by atoms with Crippen molar-refractivity contribution >= 4 is 69.1 Å². The Kier molecular flexibility index (Phi) is 5.89. The molecule has 0 unspecified atom stereocenters. The second kappa shape index (κ2) is 8.89. The van der Waals surface area contributed by atoms with Crippen LogP contribution < -0.4 is 5.32 Å². The van der Waals surface area contributed by atoms with E-state index in [0.29, 0.717) is 33.6 Å². The summed E-state index contributed by atoms with van der Waals surface area (Å²) >= 11 is 15.0. The predicted molar refractivity (Wildman–Crippen MR) is 151 cm³/mol. The van der Waals surface area contributed by atoms with Crippen LogP contribution in [0.2, 0.25) is 10.0 Å². The normalized spacial score (nSPS) is 24.6. The third kappa shape index (κ3) is 3.72. The van der Waals surface area contributed by atoms with Gasteiger partial charge in [0.2, 0.25) is 5.91 Å². The summed E-state index contributed by atoms with van der Waals surface area (Å²) in [5.41, 5.74) is 1.55. The second-order valence-electron chi connectivity index (χ2n) is 9.49. The molecule has 10 heteroatoms. The Balaban J connectivity index is 1.72. The van der Waals surface area contributed by atoms with Crippen molar-refractivity contribution in [2.24, 2.45) is 5.10 Å². The molecule has 3 atom stereocenters. The Morgan fingerprint density at radius 2 is 1.86 bits per heavy atom. The van der Waals surface area contributed by atoms with Crippen molar-refractivity contribution in [3.05, 3.63) is 91.0 Å². The first-order valence-corrected chi connectivity index (χ1v) is 13.5. The summed E-state index contributed by atoms with van der Waals surface area (Å²) in [5, 5.41) is 21.2. The van der Waals surface area contributed by atoms with E-state index >= 15 is 0 Å². The third-order valence-electron chi connectivity index (χ3n) is 7.53. The smallest absolute Gasteiger partial charge is 0.262 e. The van der Waals surface area contributed by atoms with Crippen LogP contribution in [0.1, 0.15) is 35.1 Å². The van der Waals surface area contributed by atoms with E-state index < -0.39 is 17.4 Å². The van der Waals surface area contributed by atoms with E-state index in [0.717, 1.165) is 14.7 Å². The number of hydrogen-bond donors (Lipinski definition) is 2. The molecular weight excluding hydrogens is 626 g/mol. The van der Waals surface area contributed by atoms with Gasteiger partial charge in [0, 0.05) is 44.3 Å². The zero-order valence-corrected chi connectivity index (χ0v) is 23.3. The number of amidine groups is 1. The Bertz CT molecular complexity index is 1510. The zero-order valence-electron chi connectivity index (χ0n) is 19.6. The molecule has 2 amide bonds. The lowest BCUT2D eigenvalue weighted by Crippen LogP contribution is -2.61. The number of halogens is 3. The monoisotopic (exact) mass is 646 g/mol. The largest absolute Gasteiger partial charge is 0.508 e. The number of phenolic OH excluding ortho intramolecular Hbond substituents is 1. The molecule has 0 aliphatic carbocycles. The van der Waals surface area contributed by atoms with E-state index in [1.807, 2.05) is 35.2 Å². The number of phenols is 1. The fraction of sp³-hybridized carbons (Fsp3) is 0.222. The van der Waals surface area contributed by atoms with Crippen molar-refractivity contribution in [3.63, 3.8) is 0 Å². The highest BCUT2D eigenvalue weighted by molar-refractivity contribution is 14.1. The number of nitrogens with zero attached hydrogens (tertiary/aromatic N) is 3. The van der Waals surface area contributed by atoms with Crippen molar-refractivity contribution < 1.29 is 14.7 Å². The maximum Gasteiger partial charge on any atom is 0.262 e. The molecule has 37 heavy (non-hydrogen) atoms. The molecule has 3 aromatic carbocycles. The van der Waals surface area contributed by atoms with Gasteiger partial charge in [-0.25, -0.2) is 5.01 Å². The van der Waals surface area contributed by atoms with E-state index in [4.69, 9.17) is 23.2 Å². The van der Waals surface area contributed by atoms with Crippen LogP contribution in [-0.4, -0.2) is 46.3 Å². The number of nitrogens with one attached hydrogen (secondary N) is 1. The predicted octanol–water partition coefficient (Wildman–Crippen LogP) is 5.51. The van der Waals surface area contributed by atoms with Crippen LogP contribution in [0.15, 0.2) is 65.8 Å². The van der Waals surface area contributed by atoms with Crippen molar-refractivity contribution in [1.82, 2.24) is 9.91 Å². The van der Waals surface area contributed by atoms with E-state index in [9.17, 15) is 14.7 Å². The Morgan fingerprint density at radius 3 is 2.65 bits per heavy atom. The zero-order chi connectivity index (χ0) is 26.1. The Morgan fingerprint density at radius 1 is 1.08 bits per heavy atom. The van der Waals surface area contributed by atoms with Crippen LogP contribution in [0.4, 0.5) is 5.69 Å². The van der Waals surface area contributed by atoms with Crippen molar-refractivity contribution in [2.45, 2.75) is 23.8 Å². The highest BCUT2D eigenvalue weighted by Crippen LogP contribution is 2.61. The summed E-state index contributed by atoms with van der Waals surface area (Å²) in [6.07, 6.45) is 0.384. The second-order valence-corrected chi connectivity index (χ2v) is 11.6. The van der Waals surface area contributed by atoms with Gasteiger partial charge < -0.3 is 15.3 Å². The van der Waals surface area contributed by atoms with Crippen molar-refractivity contribution in [2.75, 3.05) is 18.9 Å². The summed E-state index contributed by atoms with van der Waals surface area (Å²) in [5.74, 6) is -0.144. The first-order valence-electron chi connectivity index (χ1n) is 11.7. The number of anilines is 1. The van der Waals surface area contributed by atoms with Crippen LogP contribution in [-0.2, 0) is 15.0 Å². The molecule has 0 radical (unpaired) electrons. The number of hydrogen-bond acceptors (Lipinski definition) is 5. The lowest BCUT2D eigenvalue weighted by Gasteiger charge is -2.54. The average molecular weight is 647 g/mol. The summed E-state index contributed by atoms with van der Waals surface area (Å²) in [4.78, 5) is 29.2. The molecule has 3 aromatic rings. The van der Waals surface area contributed by atoms with Crippen LogP contribution in [0.3, 0.4) is 0 Å². The number of carbonyl (C=O) groups is 2. The summed E-state index contributed by atoms with van der Waals surface area (Å²) in [6, 6.07) is 17.4. The van der Waals surface area contributed by atoms with Crippen LogP contribution in [0.25, 0.3) is 0 Å². The lowest BCUT2D eigenvalue weighted by molar-refractivity contribution is -0.135. The van der Waals surface area contributed by atoms with Crippen molar-refractivity contribution in [1.29, 1.82) is 0 Å². The lowest BCUT2D eigenvalue weighted by atomic mass is 9.58. The van der Waals surface area contributed by atoms with Crippen LogP contribution in [0, 0.1) is 3.57 Å². The maximum atomic E-state index is 14.4. The van der Waals surface area contributed by atoms with Gasteiger partial charge in [-0.1, -0.05) is 41.4 Å². The molecule has 0 saturated carbocycles. The van der Waals surface area contributed by atoms with E-state index in [1.165, 1.54) is 5.01 Å². The molecule has 1 fully saturated rings. The SMILES string of the molecule is CN1N=C2C[C@@H](c3cccc(Cl)c3)[C@]3(C(=O)Nc4cc(Cl)ccc43)[C@@H](c3cc(I)ccc3O)N2CC1=O. The summed E-state index contributed by atoms with van der Waals surface area (Å²) in [6.45, 7) is 0.0190. The molecule has 0 bridgehead atoms. The van der Waals surface area contributed by atoms with Gasteiger partial charge in [0.05, 0.1) is 6.04 Å². The molecule has 3 aliphatic rings. The Hall–Kier alpha value is -2.82. The molecule has 1 saturated heterocycles. The number of benzene rings is 3. The van der Waals surface area contributed by atoms with Gasteiger partial charge >= 0.3 is 0 Å². The molecule has 0 aromatic heterocycles. The average Bonchev–Trinajstić information content (AvgIpc) is 3.13. The molecule has 2 N–H and O–H groups in total. The van der Waals surface area contributed by atoms with Gasteiger partial charge in [-0.15, -0.1) is 0 Å². The minimum atomic E-state index is -1.22. The van der Waals surface area contributed by atoms with Gasteiger partial charge in [-0.3, -0.25) is 9.59 Å². The number of hydrazone groups is 1. The van der Waals surface area contributed by atoms with Crippen LogP contribution >= 0.6 is 45.8 Å². The highest BCUT2D eigenvalue weighted by Gasteiger charge is 2.64. The van der Waals surface area contributed by atoms with Gasteiger partial charge in [-0.2, -0.15) is 5.10 Å². The van der Waals surface area contributed by atoms with Gasteiger partial charge in [0.1, 0.15) is 23.5 Å². The standard InChI is InChI=1S/C27H21Cl2IN4O3/c1-33-24(36)13-34-23(32-33)12-20(14-3-2-4-15(28)9-14)27(25(34)18-11-17(30)6-8-22(18)35)19-7-5-16(29)10-21(19)31-26(27)37/h2-11,20,25,35H,12-13H2,1H3,(H,31,37)/t20-,25+,27-/m0/s1. The fourth-order valence-electron chi connectivity index (χ4n) is 6.01. The number of fused-ring (bicyclic) bond motifs is 3. The minimum absolute atomic E-state index is 0.0190. The molecule has 188 valence electrons. The first kappa shape index (κ1) is 24.5. The van der Waals surface area contributed by atoms with Gasteiger partial charge in [0.15, 0.2) is 0 Å². The van der Waals surface area contributed by atoms with E-state index in [1.54, 1.807) is 37.4 Å².